The third-order valence-electron chi connectivity index (χ3n) is 2.58. The van der Waals surface area contributed by atoms with E-state index in [1.807, 2.05) is 19.9 Å². The number of aromatic nitrogens is 1. The molecule has 0 aliphatic heterocycles. The van der Waals surface area contributed by atoms with Gasteiger partial charge in [-0.25, -0.2) is 4.68 Å². The van der Waals surface area contributed by atoms with E-state index in [4.69, 9.17) is 0 Å². The Morgan fingerprint density at radius 3 is 2.61 bits per heavy atom. The maximum absolute atomic E-state index is 11.8. The van der Waals surface area contributed by atoms with Crippen LogP contribution < -0.4 is 5.56 Å². The summed E-state index contributed by atoms with van der Waals surface area (Å²) in [6.45, 7) is 3.68. The third kappa shape index (κ3) is 2.48. The molecule has 0 bridgehead atoms. The summed E-state index contributed by atoms with van der Waals surface area (Å²) in [5.74, 6) is 0.138. The molecule has 1 N–H and O–H groups in total. The van der Waals surface area contributed by atoms with Gasteiger partial charge in [-0.05, 0) is 37.6 Å². The monoisotopic (exact) mass is 242 g/mol. The van der Waals surface area contributed by atoms with Crippen molar-refractivity contribution in [2.45, 2.75) is 13.8 Å². The lowest BCUT2D eigenvalue weighted by Crippen LogP contribution is -2.18. The number of aromatic hydroxyl groups is 1. The number of aryl methyl sites for hydroxylation is 2. The number of hydrogen-bond acceptors (Lipinski definition) is 3. The minimum absolute atomic E-state index is 0.138. The second-order valence-corrected chi connectivity index (χ2v) is 4.13. The highest BCUT2D eigenvalue weighted by molar-refractivity contribution is 5.83. The van der Waals surface area contributed by atoms with E-state index in [0.29, 0.717) is 5.56 Å². The maximum Gasteiger partial charge on any atom is 0.271 e. The minimum atomic E-state index is -0.181. The van der Waals surface area contributed by atoms with Gasteiger partial charge < -0.3 is 5.11 Å². The number of pyridine rings is 1. The summed E-state index contributed by atoms with van der Waals surface area (Å²) >= 11 is 0. The zero-order chi connectivity index (χ0) is 13.1. The zero-order valence-corrected chi connectivity index (χ0v) is 10.3. The van der Waals surface area contributed by atoms with Crippen LogP contribution in [0.25, 0.3) is 0 Å². The molecule has 0 saturated heterocycles. The Hall–Kier alpha value is -2.36. The van der Waals surface area contributed by atoms with E-state index in [9.17, 15) is 9.90 Å². The van der Waals surface area contributed by atoms with E-state index in [-0.39, 0.29) is 11.3 Å². The van der Waals surface area contributed by atoms with Crippen molar-refractivity contribution in [2.24, 2.45) is 5.10 Å². The smallest absolute Gasteiger partial charge is 0.271 e. The standard InChI is InChI=1S/C14H14N2O2/c1-10-7-11(2)16(14(18)8-10)15-9-12-5-3-4-6-13(12)17/h3-9,17H,1-2H3. The molecule has 2 aromatic rings. The molecule has 0 unspecified atom stereocenters. The second kappa shape index (κ2) is 4.87. The quantitative estimate of drug-likeness (QED) is 0.819. The Labute approximate surface area is 105 Å². The van der Waals surface area contributed by atoms with E-state index < -0.39 is 0 Å². The Bertz CT molecular complexity index is 657. The largest absolute Gasteiger partial charge is 0.507 e. The molecule has 4 heteroatoms. The van der Waals surface area contributed by atoms with Gasteiger partial charge in [0.15, 0.2) is 0 Å². The molecule has 1 heterocycles. The summed E-state index contributed by atoms with van der Waals surface area (Å²) in [5.41, 5.74) is 2.06. The van der Waals surface area contributed by atoms with Gasteiger partial charge in [0.2, 0.25) is 0 Å². The van der Waals surface area contributed by atoms with E-state index in [2.05, 4.69) is 5.10 Å². The van der Waals surface area contributed by atoms with Crippen LogP contribution in [-0.2, 0) is 0 Å². The van der Waals surface area contributed by atoms with E-state index in [1.165, 1.54) is 17.0 Å². The molecule has 0 amide bonds. The Balaban J connectivity index is 2.42. The number of para-hydroxylation sites is 1. The first-order valence-electron chi connectivity index (χ1n) is 5.60. The topological polar surface area (TPSA) is 54.6 Å². The van der Waals surface area contributed by atoms with Gasteiger partial charge in [-0.1, -0.05) is 12.1 Å². The molecule has 4 nitrogen and oxygen atoms in total. The molecular weight excluding hydrogens is 228 g/mol. The Morgan fingerprint density at radius 2 is 1.94 bits per heavy atom. The zero-order valence-electron chi connectivity index (χ0n) is 10.3. The number of hydrogen-bond donors (Lipinski definition) is 1. The predicted octanol–water partition coefficient (Wildman–Crippen LogP) is 2.05. The first-order chi connectivity index (χ1) is 8.58. The van der Waals surface area contributed by atoms with Gasteiger partial charge in [0.25, 0.3) is 5.56 Å². The molecule has 0 atom stereocenters. The van der Waals surface area contributed by atoms with Crippen molar-refractivity contribution >= 4 is 6.21 Å². The van der Waals surface area contributed by atoms with Gasteiger partial charge in [0, 0.05) is 17.3 Å². The Morgan fingerprint density at radius 1 is 1.22 bits per heavy atom. The van der Waals surface area contributed by atoms with E-state index in [1.54, 1.807) is 24.3 Å². The molecule has 1 aromatic carbocycles. The van der Waals surface area contributed by atoms with Crippen LogP contribution in [0.5, 0.6) is 5.75 Å². The van der Waals surface area contributed by atoms with Crippen molar-refractivity contribution in [3.05, 3.63) is 63.6 Å². The number of nitrogens with zero attached hydrogens (tertiary/aromatic N) is 2. The highest BCUT2D eigenvalue weighted by Gasteiger charge is 2.00. The molecule has 0 saturated carbocycles. The van der Waals surface area contributed by atoms with Crippen molar-refractivity contribution in [1.82, 2.24) is 4.68 Å². The SMILES string of the molecule is Cc1cc(C)n(N=Cc2ccccc2O)c(=O)c1. The summed E-state index contributed by atoms with van der Waals surface area (Å²) in [5, 5.41) is 13.7. The molecule has 2 rings (SSSR count). The van der Waals surface area contributed by atoms with Gasteiger partial charge in [-0.3, -0.25) is 4.79 Å². The van der Waals surface area contributed by atoms with Crippen LogP contribution >= 0.6 is 0 Å². The highest BCUT2D eigenvalue weighted by Crippen LogP contribution is 2.12. The van der Waals surface area contributed by atoms with Crippen molar-refractivity contribution in [1.29, 1.82) is 0 Å². The van der Waals surface area contributed by atoms with Crippen molar-refractivity contribution < 1.29 is 5.11 Å². The van der Waals surface area contributed by atoms with Crippen LogP contribution in [0.2, 0.25) is 0 Å². The van der Waals surface area contributed by atoms with Crippen molar-refractivity contribution in [2.75, 3.05) is 0 Å². The normalized spacial score (nSPS) is 11.0. The van der Waals surface area contributed by atoms with Gasteiger partial charge in [-0.2, -0.15) is 5.10 Å². The molecule has 0 radical (unpaired) electrons. The summed E-state index contributed by atoms with van der Waals surface area (Å²) < 4.78 is 1.30. The molecule has 0 fully saturated rings. The predicted molar refractivity (Wildman–Crippen MR) is 71.3 cm³/mol. The van der Waals surface area contributed by atoms with E-state index >= 15 is 0 Å². The second-order valence-electron chi connectivity index (χ2n) is 4.13. The van der Waals surface area contributed by atoms with Crippen LogP contribution in [0.3, 0.4) is 0 Å². The average molecular weight is 242 g/mol. The van der Waals surface area contributed by atoms with Crippen molar-refractivity contribution in [3.63, 3.8) is 0 Å². The Kier molecular flexibility index (Phi) is 3.28. The van der Waals surface area contributed by atoms with Crippen LogP contribution in [0.1, 0.15) is 16.8 Å². The molecule has 0 aliphatic rings. The lowest BCUT2D eigenvalue weighted by Gasteiger charge is -2.04. The van der Waals surface area contributed by atoms with Crippen LogP contribution in [0.15, 0.2) is 46.3 Å². The first kappa shape index (κ1) is 12.1. The maximum atomic E-state index is 11.8. The lowest BCUT2D eigenvalue weighted by atomic mass is 10.2. The fourth-order valence-corrected chi connectivity index (χ4v) is 1.73. The van der Waals surface area contributed by atoms with Gasteiger partial charge >= 0.3 is 0 Å². The fraction of sp³-hybridized carbons (Fsp3) is 0.143. The molecule has 1 aromatic heterocycles. The average Bonchev–Trinajstić information content (AvgIpc) is 2.30. The first-order valence-corrected chi connectivity index (χ1v) is 5.60. The van der Waals surface area contributed by atoms with Crippen LogP contribution in [0, 0.1) is 13.8 Å². The van der Waals surface area contributed by atoms with Crippen LogP contribution in [0.4, 0.5) is 0 Å². The molecule has 18 heavy (non-hydrogen) atoms. The number of rotatable bonds is 2. The summed E-state index contributed by atoms with van der Waals surface area (Å²) in [4.78, 5) is 11.8. The van der Waals surface area contributed by atoms with E-state index in [0.717, 1.165) is 11.3 Å². The molecular formula is C14H14N2O2. The third-order valence-corrected chi connectivity index (χ3v) is 2.58. The fourth-order valence-electron chi connectivity index (χ4n) is 1.73. The van der Waals surface area contributed by atoms with Gasteiger partial charge in [-0.15, -0.1) is 0 Å². The molecule has 0 spiro atoms. The van der Waals surface area contributed by atoms with Crippen molar-refractivity contribution in [3.8, 4) is 5.75 Å². The highest BCUT2D eigenvalue weighted by atomic mass is 16.3. The number of phenols is 1. The number of benzene rings is 1. The lowest BCUT2D eigenvalue weighted by molar-refractivity contribution is 0.474. The molecule has 92 valence electrons. The summed E-state index contributed by atoms with van der Waals surface area (Å²) in [6.07, 6.45) is 1.47. The van der Waals surface area contributed by atoms with Gasteiger partial charge in [0.1, 0.15) is 5.75 Å². The minimum Gasteiger partial charge on any atom is -0.507 e. The van der Waals surface area contributed by atoms with Gasteiger partial charge in [0.05, 0.1) is 6.21 Å². The summed E-state index contributed by atoms with van der Waals surface area (Å²) in [6, 6.07) is 10.2. The summed E-state index contributed by atoms with van der Waals surface area (Å²) in [7, 11) is 0. The molecule has 0 aliphatic carbocycles. The van der Waals surface area contributed by atoms with Crippen LogP contribution in [-0.4, -0.2) is 16.0 Å². The number of phenolic OH excluding ortho intramolecular Hbond substituents is 1.